The number of pyridine rings is 1. The van der Waals surface area contributed by atoms with Crippen LogP contribution in [0.2, 0.25) is 0 Å². The van der Waals surface area contributed by atoms with Gasteiger partial charge in [-0.25, -0.2) is 4.98 Å². The maximum absolute atomic E-state index is 6.77. The molecule has 0 N–H and O–H groups in total. The first kappa shape index (κ1) is 45.6. The topological polar surface area (TPSA) is 48.5 Å². The molecule has 6 aromatic carbocycles. The molecule has 4 saturated carbocycles. The van der Waals surface area contributed by atoms with Crippen LogP contribution in [0.15, 0.2) is 156 Å². The first-order valence-electron chi connectivity index (χ1n) is 25.3. The Bertz CT molecular complexity index is 3550. The van der Waals surface area contributed by atoms with Gasteiger partial charge in [0.2, 0.25) is 12.0 Å². The van der Waals surface area contributed by atoms with Crippen LogP contribution in [0.4, 0.5) is 0 Å². The zero-order valence-electron chi connectivity index (χ0n) is 41.3. The summed E-state index contributed by atoms with van der Waals surface area (Å²) in [7, 11) is 0. The molecule has 6 nitrogen and oxygen atoms in total. The molecule has 7 heteroatoms. The van der Waals surface area contributed by atoms with Gasteiger partial charge >= 0.3 is 0 Å². The van der Waals surface area contributed by atoms with Crippen LogP contribution in [0.25, 0.3) is 78.1 Å². The minimum Gasteiger partial charge on any atom is -0.503 e. The molecule has 4 fully saturated rings. The van der Waals surface area contributed by atoms with Crippen molar-refractivity contribution in [3.8, 4) is 62.1 Å². The molecule has 0 spiro atoms. The Labute approximate surface area is 431 Å². The number of nitrogens with zero attached hydrogens (tertiary/aromatic N) is 4. The number of aromatic nitrogens is 4. The summed E-state index contributed by atoms with van der Waals surface area (Å²) >= 11 is 0. The van der Waals surface area contributed by atoms with Gasteiger partial charge in [-0.3, -0.25) is 4.40 Å². The molecular formula is C64H58N4O2Pt-2. The number of hydrogen-bond donors (Lipinski definition) is 0. The van der Waals surface area contributed by atoms with Crippen LogP contribution in [0.1, 0.15) is 91.2 Å². The van der Waals surface area contributed by atoms with Crippen LogP contribution in [-0.2, 0) is 37.4 Å². The molecular weight excluding hydrogens is 1050 g/mol. The Morgan fingerprint density at radius 2 is 1.32 bits per heavy atom. The summed E-state index contributed by atoms with van der Waals surface area (Å²) in [6.45, 7) is 13.4. The van der Waals surface area contributed by atoms with Crippen molar-refractivity contribution in [2.24, 2.45) is 17.8 Å². The zero-order valence-corrected chi connectivity index (χ0v) is 43.6. The largest absolute Gasteiger partial charge is 0.503 e. The van der Waals surface area contributed by atoms with Crippen molar-refractivity contribution < 1.29 is 34.8 Å². The zero-order chi connectivity index (χ0) is 47.5. The number of benzene rings is 6. The summed E-state index contributed by atoms with van der Waals surface area (Å²) in [5, 5.41) is 2.41. The van der Waals surface area contributed by atoms with Crippen LogP contribution in [0, 0.1) is 36.2 Å². The van der Waals surface area contributed by atoms with Gasteiger partial charge < -0.3 is 18.3 Å². The first-order chi connectivity index (χ1) is 33.9. The van der Waals surface area contributed by atoms with Crippen molar-refractivity contribution in [1.29, 1.82) is 0 Å². The van der Waals surface area contributed by atoms with Crippen LogP contribution >= 0.6 is 0 Å². The van der Waals surface area contributed by atoms with E-state index in [-0.39, 0.29) is 32.0 Å². The number of imidazole rings is 1. The molecule has 4 aromatic heterocycles. The molecule has 0 unspecified atom stereocenters. The molecule has 4 aliphatic carbocycles. The van der Waals surface area contributed by atoms with Crippen LogP contribution in [-0.4, -0.2) is 14.0 Å². The van der Waals surface area contributed by atoms with Crippen molar-refractivity contribution in [3.63, 3.8) is 0 Å². The fourth-order valence-corrected chi connectivity index (χ4v) is 13.0. The van der Waals surface area contributed by atoms with E-state index in [0.717, 1.165) is 84.8 Å². The van der Waals surface area contributed by atoms with E-state index in [1.165, 1.54) is 55.0 Å². The van der Waals surface area contributed by atoms with Crippen molar-refractivity contribution in [2.45, 2.75) is 96.4 Å². The summed E-state index contributed by atoms with van der Waals surface area (Å²) < 4.78 is 20.0. The van der Waals surface area contributed by atoms with Crippen molar-refractivity contribution >= 4 is 27.5 Å². The van der Waals surface area contributed by atoms with Crippen LogP contribution in [0.5, 0.6) is 11.5 Å². The number of ether oxygens (including phenoxy) is 1. The molecule has 0 saturated heterocycles. The Kier molecular flexibility index (Phi) is 11.0. The minimum absolute atomic E-state index is 0. The van der Waals surface area contributed by atoms with Gasteiger partial charge in [-0.1, -0.05) is 129 Å². The summed E-state index contributed by atoms with van der Waals surface area (Å²) in [4.78, 5) is 5.01. The van der Waals surface area contributed by atoms with E-state index in [2.05, 4.69) is 197 Å². The normalized spacial score (nSPS) is 19.7. The fourth-order valence-electron chi connectivity index (χ4n) is 13.0. The smallest absolute Gasteiger partial charge is 0.247 e. The molecule has 71 heavy (non-hydrogen) atoms. The van der Waals surface area contributed by atoms with Gasteiger partial charge in [0, 0.05) is 44.3 Å². The van der Waals surface area contributed by atoms with Crippen LogP contribution < -0.4 is 9.30 Å². The SMILES string of the molecule is CC(C)(C)c1ccnc(-n2c3[c-]c(Oc4[c-]c(-c5coc6c(-c7c(-c8ccccc8)cccc7-c7ccccc7)[n+](C(C)(C)C)[c-]n56)ccc4)ccc3c3cc(C45CC6CC(CC(C6)C4)C5)ccc32)c1.[Pt]. The Morgan fingerprint density at radius 3 is 1.97 bits per heavy atom. The second-order valence-corrected chi connectivity index (χ2v) is 22.7. The molecule has 358 valence electrons. The monoisotopic (exact) mass is 1110 g/mol. The van der Waals surface area contributed by atoms with Gasteiger partial charge in [-0.15, -0.1) is 35.7 Å². The third-order valence-electron chi connectivity index (χ3n) is 15.9. The van der Waals surface area contributed by atoms with Gasteiger partial charge in [0.15, 0.2) is 0 Å². The summed E-state index contributed by atoms with van der Waals surface area (Å²) in [6, 6.07) is 57.2. The van der Waals surface area contributed by atoms with Gasteiger partial charge in [0.1, 0.15) is 11.5 Å². The van der Waals surface area contributed by atoms with E-state index in [9.17, 15) is 0 Å². The summed E-state index contributed by atoms with van der Waals surface area (Å²) in [6.07, 6.45) is 15.8. The molecule has 10 aromatic rings. The molecule has 0 amide bonds. The molecule has 0 aliphatic heterocycles. The summed E-state index contributed by atoms with van der Waals surface area (Å²) in [5.41, 5.74) is 13.7. The van der Waals surface area contributed by atoms with E-state index in [1.807, 2.05) is 29.0 Å². The predicted octanol–water partition coefficient (Wildman–Crippen LogP) is 15.7. The van der Waals surface area contributed by atoms with Gasteiger partial charge in [0.25, 0.3) is 0 Å². The molecule has 0 atom stereocenters. The van der Waals surface area contributed by atoms with Crippen LogP contribution in [0.3, 0.4) is 0 Å². The van der Waals surface area contributed by atoms with E-state index >= 15 is 0 Å². The number of fused-ring (bicyclic) bond motifs is 4. The molecule has 4 heterocycles. The minimum atomic E-state index is -0.343. The molecule has 4 aliphatic rings. The standard InChI is InChI=1S/C64H58N4O2.Pt/c1-62(2,3)47-27-28-65-58(34-47)68-55-26-23-48(64-36-41-29-42(37-64)31-43(30-41)38-64)33-54(55)53-25-24-50(35-56(53)68)70-49-20-13-19-46(32-49)57-39-69-61-60(67(40-66(57)61)63(4,5)6)59-51(44-15-9-7-10-16-44)21-14-22-52(59)45-17-11-8-12-18-45;/h7-28,33-34,39,41-43H,29-31,36-38H2,1-6H3;/q-2;. The number of rotatable bonds is 8. The Hall–Kier alpha value is -6.49. The molecule has 0 radical (unpaired) electrons. The first-order valence-corrected chi connectivity index (χ1v) is 25.3. The van der Waals surface area contributed by atoms with Gasteiger partial charge in [0.05, 0.1) is 17.5 Å². The van der Waals surface area contributed by atoms with E-state index in [4.69, 9.17) is 14.1 Å². The van der Waals surface area contributed by atoms with E-state index < -0.39 is 0 Å². The quantitative estimate of drug-likeness (QED) is 0.113. The van der Waals surface area contributed by atoms with E-state index in [0.29, 0.717) is 22.6 Å². The van der Waals surface area contributed by atoms with Crippen molar-refractivity contribution in [3.05, 3.63) is 182 Å². The average molecular weight is 1110 g/mol. The predicted molar refractivity (Wildman–Crippen MR) is 280 cm³/mol. The van der Waals surface area contributed by atoms with Crippen molar-refractivity contribution in [1.82, 2.24) is 14.0 Å². The maximum Gasteiger partial charge on any atom is 0.247 e. The fraction of sp³-hybridized carbons (Fsp3) is 0.281. The number of hydrogen-bond acceptors (Lipinski definition) is 3. The van der Waals surface area contributed by atoms with Gasteiger partial charge in [-0.05, 0) is 150 Å². The Morgan fingerprint density at radius 1 is 0.676 bits per heavy atom. The second kappa shape index (κ2) is 17.1. The van der Waals surface area contributed by atoms with Crippen molar-refractivity contribution in [2.75, 3.05) is 0 Å². The third kappa shape index (κ3) is 7.80. The van der Waals surface area contributed by atoms with E-state index in [1.54, 1.807) is 0 Å². The average Bonchev–Trinajstić information content (AvgIpc) is 4.04. The molecule has 14 rings (SSSR count). The number of oxazole rings is 1. The second-order valence-electron chi connectivity index (χ2n) is 22.7. The Balaban J connectivity index is 0.00000517. The summed E-state index contributed by atoms with van der Waals surface area (Å²) in [5.74, 6) is 4.72. The molecule has 4 bridgehead atoms. The van der Waals surface area contributed by atoms with Gasteiger partial charge in [-0.2, -0.15) is 6.07 Å². The third-order valence-corrected chi connectivity index (χ3v) is 15.9. The maximum atomic E-state index is 6.77.